The van der Waals surface area contributed by atoms with Crippen molar-refractivity contribution in [3.05, 3.63) is 29.8 Å². The van der Waals surface area contributed by atoms with Gasteiger partial charge in [0.15, 0.2) is 0 Å². The average molecular weight is 418 g/mol. The minimum Gasteiger partial charge on any atom is -0.494 e. The molecule has 0 saturated heterocycles. The van der Waals surface area contributed by atoms with E-state index in [4.69, 9.17) is 10.5 Å². The molecular formula is C28H51NO. The van der Waals surface area contributed by atoms with Crippen LogP contribution in [0.2, 0.25) is 0 Å². The van der Waals surface area contributed by atoms with Crippen LogP contribution in [-0.4, -0.2) is 12.6 Å². The van der Waals surface area contributed by atoms with E-state index in [9.17, 15) is 0 Å². The van der Waals surface area contributed by atoms with Gasteiger partial charge in [-0.15, -0.1) is 0 Å². The highest BCUT2D eigenvalue weighted by Crippen LogP contribution is 2.16. The zero-order chi connectivity index (χ0) is 21.7. The first kappa shape index (κ1) is 27.0. The lowest BCUT2D eigenvalue weighted by Gasteiger charge is -2.10. The summed E-state index contributed by atoms with van der Waals surface area (Å²) in [5.41, 5.74) is 7.32. The molecule has 0 aliphatic heterocycles. The van der Waals surface area contributed by atoms with Crippen molar-refractivity contribution in [3.63, 3.8) is 0 Å². The Bertz CT molecular complexity index is 470. The second-order valence-corrected chi connectivity index (χ2v) is 9.17. The molecule has 1 aromatic carbocycles. The van der Waals surface area contributed by atoms with Crippen molar-refractivity contribution in [1.82, 2.24) is 0 Å². The fourth-order valence-electron chi connectivity index (χ4n) is 4.01. The van der Waals surface area contributed by atoms with Gasteiger partial charge in [-0.3, -0.25) is 0 Å². The third-order valence-corrected chi connectivity index (χ3v) is 6.21. The van der Waals surface area contributed by atoms with Gasteiger partial charge in [0.1, 0.15) is 5.75 Å². The third kappa shape index (κ3) is 15.8. The molecule has 30 heavy (non-hydrogen) atoms. The molecule has 0 aliphatic carbocycles. The van der Waals surface area contributed by atoms with Crippen molar-refractivity contribution in [1.29, 1.82) is 0 Å². The molecule has 2 N–H and O–H groups in total. The van der Waals surface area contributed by atoms with Gasteiger partial charge in [-0.25, -0.2) is 0 Å². The van der Waals surface area contributed by atoms with Crippen molar-refractivity contribution in [2.24, 2.45) is 5.73 Å². The van der Waals surface area contributed by atoms with Crippen molar-refractivity contribution in [2.75, 3.05) is 6.61 Å². The predicted molar refractivity (Wildman–Crippen MR) is 133 cm³/mol. The van der Waals surface area contributed by atoms with E-state index >= 15 is 0 Å². The number of rotatable bonds is 21. The summed E-state index contributed by atoms with van der Waals surface area (Å²) >= 11 is 0. The molecule has 174 valence electrons. The van der Waals surface area contributed by atoms with Crippen LogP contribution in [0.4, 0.5) is 0 Å². The molecule has 1 rings (SSSR count). The number of hydrogen-bond donors (Lipinski definition) is 1. The molecule has 0 aliphatic rings. The van der Waals surface area contributed by atoms with Crippen LogP contribution in [-0.2, 0) is 6.42 Å². The highest BCUT2D eigenvalue weighted by atomic mass is 16.5. The number of unbranched alkanes of at least 4 members (excludes halogenated alkanes) is 15. The first-order chi connectivity index (χ1) is 14.8. The van der Waals surface area contributed by atoms with Crippen molar-refractivity contribution >= 4 is 0 Å². The van der Waals surface area contributed by atoms with E-state index in [2.05, 4.69) is 38.1 Å². The summed E-state index contributed by atoms with van der Waals surface area (Å²) in [7, 11) is 0. The fraction of sp³-hybridized carbons (Fsp3) is 0.786. The lowest BCUT2D eigenvalue weighted by Crippen LogP contribution is -2.21. The number of hydrogen-bond acceptors (Lipinski definition) is 2. The minimum absolute atomic E-state index is 0.266. The molecular weight excluding hydrogens is 366 g/mol. The Morgan fingerprint density at radius 2 is 1.07 bits per heavy atom. The predicted octanol–water partition coefficient (Wildman–Crippen LogP) is 8.61. The Labute approximate surface area is 188 Å². The Balaban J connectivity index is 1.82. The normalized spacial score (nSPS) is 12.2. The van der Waals surface area contributed by atoms with Gasteiger partial charge in [-0.1, -0.05) is 122 Å². The average Bonchev–Trinajstić information content (AvgIpc) is 2.77. The largest absolute Gasteiger partial charge is 0.494 e. The molecule has 2 heteroatoms. The molecule has 1 unspecified atom stereocenters. The summed E-state index contributed by atoms with van der Waals surface area (Å²) in [4.78, 5) is 0. The van der Waals surface area contributed by atoms with E-state index in [0.29, 0.717) is 0 Å². The highest BCUT2D eigenvalue weighted by molar-refractivity contribution is 5.27. The quantitative estimate of drug-likeness (QED) is 0.203. The monoisotopic (exact) mass is 417 g/mol. The lowest BCUT2D eigenvalue weighted by molar-refractivity contribution is 0.304. The van der Waals surface area contributed by atoms with Gasteiger partial charge in [0.2, 0.25) is 0 Å². The maximum absolute atomic E-state index is 6.02. The summed E-state index contributed by atoms with van der Waals surface area (Å²) in [6, 6.07) is 8.74. The minimum atomic E-state index is 0.266. The van der Waals surface area contributed by atoms with Crippen LogP contribution in [0.15, 0.2) is 24.3 Å². The van der Waals surface area contributed by atoms with Gasteiger partial charge in [0.25, 0.3) is 0 Å². The zero-order valence-corrected chi connectivity index (χ0v) is 20.3. The topological polar surface area (TPSA) is 35.2 Å². The molecule has 0 spiro atoms. The molecule has 1 aromatic rings. The van der Waals surface area contributed by atoms with Crippen LogP contribution in [0.5, 0.6) is 5.75 Å². The van der Waals surface area contributed by atoms with Gasteiger partial charge in [-0.05, 0) is 37.0 Å². The first-order valence-electron chi connectivity index (χ1n) is 13.2. The van der Waals surface area contributed by atoms with Crippen LogP contribution in [0.1, 0.15) is 129 Å². The van der Waals surface area contributed by atoms with Gasteiger partial charge < -0.3 is 10.5 Å². The maximum atomic E-state index is 6.02. The zero-order valence-electron chi connectivity index (χ0n) is 20.3. The van der Waals surface area contributed by atoms with Crippen molar-refractivity contribution < 1.29 is 4.74 Å². The number of benzene rings is 1. The molecule has 0 aromatic heterocycles. The summed E-state index contributed by atoms with van der Waals surface area (Å²) in [6.45, 7) is 5.27. The maximum Gasteiger partial charge on any atom is 0.119 e. The number of nitrogens with two attached hydrogens (primary N) is 1. The van der Waals surface area contributed by atoms with Gasteiger partial charge in [-0.2, -0.15) is 0 Å². The molecule has 0 bridgehead atoms. The SMILES string of the molecule is CCCCCCCCCCCCCCCCCCOc1ccc(CC(N)CC)cc1. The van der Waals surface area contributed by atoms with E-state index < -0.39 is 0 Å². The molecule has 0 radical (unpaired) electrons. The highest BCUT2D eigenvalue weighted by Gasteiger charge is 2.02. The van der Waals surface area contributed by atoms with E-state index in [1.807, 2.05) is 0 Å². The van der Waals surface area contributed by atoms with E-state index in [0.717, 1.165) is 25.2 Å². The summed E-state index contributed by atoms with van der Waals surface area (Å²) < 4.78 is 5.88. The summed E-state index contributed by atoms with van der Waals surface area (Å²) in [6.07, 6.45) is 24.5. The van der Waals surface area contributed by atoms with Gasteiger partial charge >= 0.3 is 0 Å². The molecule has 0 amide bonds. The smallest absolute Gasteiger partial charge is 0.119 e. The first-order valence-corrected chi connectivity index (χ1v) is 13.2. The van der Waals surface area contributed by atoms with Gasteiger partial charge in [0.05, 0.1) is 6.61 Å². The third-order valence-electron chi connectivity index (χ3n) is 6.21. The van der Waals surface area contributed by atoms with Crippen LogP contribution in [0.25, 0.3) is 0 Å². The van der Waals surface area contributed by atoms with Crippen molar-refractivity contribution in [2.45, 2.75) is 135 Å². The van der Waals surface area contributed by atoms with Crippen LogP contribution >= 0.6 is 0 Å². The van der Waals surface area contributed by atoms with Crippen LogP contribution in [0, 0.1) is 0 Å². The van der Waals surface area contributed by atoms with Crippen LogP contribution in [0.3, 0.4) is 0 Å². The Morgan fingerprint density at radius 3 is 1.50 bits per heavy atom. The standard InChI is InChI=1S/C28H51NO/c1-3-5-6-7-8-9-10-11-12-13-14-15-16-17-18-19-24-30-28-22-20-26(21-23-28)25-27(29)4-2/h20-23,27H,3-19,24-25,29H2,1-2H3. The molecule has 0 fully saturated rings. The summed E-state index contributed by atoms with van der Waals surface area (Å²) in [5.74, 6) is 0.991. The Morgan fingerprint density at radius 1 is 0.633 bits per heavy atom. The number of ether oxygens (including phenoxy) is 1. The van der Waals surface area contributed by atoms with Crippen molar-refractivity contribution in [3.8, 4) is 5.75 Å². The second-order valence-electron chi connectivity index (χ2n) is 9.17. The Hall–Kier alpha value is -1.02. The van der Waals surface area contributed by atoms with E-state index in [-0.39, 0.29) is 6.04 Å². The second kappa shape index (κ2) is 19.9. The van der Waals surface area contributed by atoms with E-state index in [1.165, 1.54) is 108 Å². The fourth-order valence-corrected chi connectivity index (χ4v) is 4.01. The Kier molecular flexibility index (Phi) is 17.9. The van der Waals surface area contributed by atoms with Crippen LogP contribution < -0.4 is 10.5 Å². The van der Waals surface area contributed by atoms with E-state index in [1.54, 1.807) is 0 Å². The lowest BCUT2D eigenvalue weighted by atomic mass is 10.0. The molecule has 2 nitrogen and oxygen atoms in total. The van der Waals surface area contributed by atoms with Gasteiger partial charge in [0, 0.05) is 6.04 Å². The molecule has 0 saturated carbocycles. The molecule has 1 atom stereocenters. The summed E-state index contributed by atoms with van der Waals surface area (Å²) in [5, 5.41) is 0. The molecule has 0 heterocycles.